The first kappa shape index (κ1) is 16.4. The fraction of sp³-hybridized carbons (Fsp3) is 0.412. The third-order valence-corrected chi connectivity index (χ3v) is 4.42. The van der Waals surface area contributed by atoms with Crippen LogP contribution in [0.15, 0.2) is 24.4 Å². The van der Waals surface area contributed by atoms with Crippen molar-refractivity contribution >= 4 is 5.91 Å². The second kappa shape index (κ2) is 6.60. The van der Waals surface area contributed by atoms with Crippen molar-refractivity contribution in [2.75, 3.05) is 20.1 Å². The van der Waals surface area contributed by atoms with Crippen LogP contribution in [0.3, 0.4) is 0 Å². The molecule has 1 atom stereocenters. The van der Waals surface area contributed by atoms with E-state index in [2.05, 4.69) is 10.4 Å². The molecule has 2 heterocycles. The monoisotopic (exact) mass is 332 g/mol. The Bertz CT molecular complexity index is 759. The molecule has 0 bridgehead atoms. The Kier molecular flexibility index (Phi) is 4.53. The molecule has 2 N–H and O–H groups in total. The topological polar surface area (TPSA) is 70.4 Å². The minimum Gasteiger partial charge on any atom is -0.504 e. The number of amides is 1. The van der Waals surface area contributed by atoms with E-state index < -0.39 is 0 Å². The number of hydrogen-bond acceptors (Lipinski definition) is 4. The summed E-state index contributed by atoms with van der Waals surface area (Å²) < 4.78 is 14.7. The normalized spacial score (nSPS) is 18.0. The number of likely N-dealkylation sites (N-methyl/N-ethyl adjacent to an activating group) is 1. The van der Waals surface area contributed by atoms with Gasteiger partial charge >= 0.3 is 0 Å². The molecule has 6 nitrogen and oxygen atoms in total. The second-order valence-electron chi connectivity index (χ2n) is 6.12. The number of nitrogens with zero attached hydrogens (tertiary/aromatic N) is 3. The summed E-state index contributed by atoms with van der Waals surface area (Å²) in [5, 5.41) is 17.6. The van der Waals surface area contributed by atoms with Crippen molar-refractivity contribution in [3.05, 3.63) is 41.5 Å². The Morgan fingerprint density at radius 1 is 1.46 bits per heavy atom. The lowest BCUT2D eigenvalue weighted by Gasteiger charge is -2.32. The summed E-state index contributed by atoms with van der Waals surface area (Å²) in [4.78, 5) is 14.4. The zero-order chi connectivity index (χ0) is 17.3. The van der Waals surface area contributed by atoms with Gasteiger partial charge in [-0.1, -0.05) is 0 Å². The number of piperidine rings is 1. The number of hydrogen-bond donors (Lipinski definition) is 2. The second-order valence-corrected chi connectivity index (χ2v) is 6.12. The molecule has 3 rings (SSSR count). The first-order valence-corrected chi connectivity index (χ1v) is 8.01. The van der Waals surface area contributed by atoms with Gasteiger partial charge in [-0.25, -0.2) is 9.07 Å². The molecule has 24 heavy (non-hydrogen) atoms. The Balaban J connectivity index is 1.87. The van der Waals surface area contributed by atoms with Crippen LogP contribution in [0.25, 0.3) is 5.69 Å². The van der Waals surface area contributed by atoms with E-state index in [0.717, 1.165) is 12.8 Å². The van der Waals surface area contributed by atoms with Gasteiger partial charge in [0.1, 0.15) is 5.82 Å². The Morgan fingerprint density at radius 2 is 2.25 bits per heavy atom. The first-order valence-electron chi connectivity index (χ1n) is 8.01. The number of aromatic nitrogens is 2. The molecule has 0 aliphatic carbocycles. The van der Waals surface area contributed by atoms with Gasteiger partial charge in [-0.3, -0.25) is 4.79 Å². The standard InChI is InChI=1S/C17H21FN4O2/c1-11-8-12(18)5-6-14(11)22-10-15(23)16(20-22)17(24)21-7-3-4-13(9-21)19-2/h5-6,8,10,13,19,23H,3-4,7,9H2,1-2H3. The third-order valence-electron chi connectivity index (χ3n) is 4.42. The number of carbonyl (C=O) groups is 1. The number of aromatic hydroxyl groups is 1. The number of aryl methyl sites for hydroxylation is 1. The predicted octanol–water partition coefficient (Wildman–Crippen LogP) is 1.85. The summed E-state index contributed by atoms with van der Waals surface area (Å²) in [5.41, 5.74) is 1.32. The van der Waals surface area contributed by atoms with Crippen LogP contribution in [0.5, 0.6) is 5.75 Å². The van der Waals surface area contributed by atoms with E-state index in [0.29, 0.717) is 24.3 Å². The van der Waals surface area contributed by atoms with E-state index in [-0.39, 0.29) is 29.2 Å². The third kappa shape index (κ3) is 3.12. The van der Waals surface area contributed by atoms with Crippen molar-refractivity contribution < 1.29 is 14.3 Å². The fourth-order valence-electron chi connectivity index (χ4n) is 3.06. The van der Waals surface area contributed by atoms with Crippen molar-refractivity contribution in [3.63, 3.8) is 0 Å². The van der Waals surface area contributed by atoms with Crippen molar-refractivity contribution in [3.8, 4) is 11.4 Å². The number of nitrogens with one attached hydrogen (secondary N) is 1. The summed E-state index contributed by atoms with van der Waals surface area (Å²) >= 11 is 0. The van der Waals surface area contributed by atoms with E-state index in [1.165, 1.54) is 23.0 Å². The quantitative estimate of drug-likeness (QED) is 0.900. The van der Waals surface area contributed by atoms with E-state index in [1.807, 2.05) is 7.05 Å². The molecule has 1 aliphatic heterocycles. The van der Waals surface area contributed by atoms with Crippen LogP contribution < -0.4 is 5.32 Å². The molecule has 1 fully saturated rings. The number of carbonyl (C=O) groups excluding carboxylic acids is 1. The molecule has 7 heteroatoms. The van der Waals surface area contributed by atoms with Crippen molar-refractivity contribution in [1.82, 2.24) is 20.0 Å². The van der Waals surface area contributed by atoms with E-state index in [4.69, 9.17) is 0 Å². The molecule has 0 saturated carbocycles. The van der Waals surface area contributed by atoms with Crippen LogP contribution in [-0.2, 0) is 0 Å². The average Bonchev–Trinajstić information content (AvgIpc) is 2.95. The van der Waals surface area contributed by atoms with Gasteiger partial charge in [0.25, 0.3) is 5.91 Å². The summed E-state index contributed by atoms with van der Waals surface area (Å²) in [7, 11) is 1.88. The van der Waals surface area contributed by atoms with Gasteiger partial charge in [-0.15, -0.1) is 0 Å². The van der Waals surface area contributed by atoms with Gasteiger partial charge in [-0.2, -0.15) is 5.10 Å². The predicted molar refractivity (Wildman–Crippen MR) is 87.9 cm³/mol. The molecule has 2 aromatic rings. The van der Waals surface area contributed by atoms with Gasteiger partial charge in [0.05, 0.1) is 11.9 Å². The van der Waals surface area contributed by atoms with Gasteiger partial charge in [-0.05, 0) is 50.6 Å². The van der Waals surface area contributed by atoms with Crippen molar-refractivity contribution in [2.45, 2.75) is 25.8 Å². The van der Waals surface area contributed by atoms with Gasteiger partial charge in [0.2, 0.25) is 0 Å². The van der Waals surface area contributed by atoms with E-state index in [1.54, 1.807) is 17.9 Å². The highest BCUT2D eigenvalue weighted by Gasteiger charge is 2.27. The first-order chi connectivity index (χ1) is 11.5. The van der Waals surface area contributed by atoms with Gasteiger partial charge < -0.3 is 15.3 Å². The number of rotatable bonds is 3. The maximum atomic E-state index is 13.2. The zero-order valence-corrected chi connectivity index (χ0v) is 13.8. The highest BCUT2D eigenvalue weighted by Crippen LogP contribution is 2.23. The Labute approximate surface area is 139 Å². The largest absolute Gasteiger partial charge is 0.504 e. The molecule has 1 saturated heterocycles. The average molecular weight is 332 g/mol. The van der Waals surface area contributed by atoms with Crippen molar-refractivity contribution in [1.29, 1.82) is 0 Å². The lowest BCUT2D eigenvalue weighted by Crippen LogP contribution is -2.47. The number of benzene rings is 1. The Morgan fingerprint density at radius 3 is 2.96 bits per heavy atom. The van der Waals surface area contributed by atoms with Gasteiger partial charge in [0, 0.05) is 19.1 Å². The molecular weight excluding hydrogens is 311 g/mol. The highest BCUT2D eigenvalue weighted by atomic mass is 19.1. The minimum absolute atomic E-state index is 0.0236. The summed E-state index contributed by atoms with van der Waals surface area (Å²) in [5.74, 6) is -0.795. The Hall–Kier alpha value is -2.41. The molecule has 1 aromatic heterocycles. The van der Waals surface area contributed by atoms with Crippen LogP contribution in [0, 0.1) is 12.7 Å². The molecule has 1 amide bonds. The van der Waals surface area contributed by atoms with E-state index in [9.17, 15) is 14.3 Å². The van der Waals surface area contributed by atoms with Crippen molar-refractivity contribution in [2.24, 2.45) is 0 Å². The minimum atomic E-state index is -0.338. The number of likely N-dealkylation sites (tertiary alicyclic amines) is 1. The van der Waals surface area contributed by atoms with E-state index >= 15 is 0 Å². The lowest BCUT2D eigenvalue weighted by molar-refractivity contribution is 0.0688. The zero-order valence-electron chi connectivity index (χ0n) is 13.8. The van der Waals surface area contributed by atoms with Crippen LogP contribution in [0.2, 0.25) is 0 Å². The van der Waals surface area contributed by atoms with Crippen LogP contribution in [-0.4, -0.2) is 51.9 Å². The van der Waals surface area contributed by atoms with Crippen LogP contribution in [0.1, 0.15) is 28.9 Å². The number of halogens is 1. The molecule has 0 spiro atoms. The molecule has 1 aliphatic rings. The SMILES string of the molecule is CNC1CCCN(C(=O)c2nn(-c3ccc(F)cc3C)cc2O)C1. The van der Waals surface area contributed by atoms with Crippen LogP contribution >= 0.6 is 0 Å². The van der Waals surface area contributed by atoms with Crippen LogP contribution in [0.4, 0.5) is 4.39 Å². The lowest BCUT2D eigenvalue weighted by atomic mass is 10.1. The smallest absolute Gasteiger partial charge is 0.278 e. The summed E-state index contributed by atoms with van der Waals surface area (Å²) in [6, 6.07) is 4.54. The molecule has 0 radical (unpaired) electrons. The maximum absolute atomic E-state index is 13.2. The molecule has 1 unspecified atom stereocenters. The van der Waals surface area contributed by atoms with Gasteiger partial charge in [0.15, 0.2) is 11.4 Å². The maximum Gasteiger partial charge on any atom is 0.278 e. The molecular formula is C17H21FN4O2. The summed E-state index contributed by atoms with van der Waals surface area (Å²) in [6.45, 7) is 3.00. The highest BCUT2D eigenvalue weighted by molar-refractivity contribution is 5.95. The summed E-state index contributed by atoms with van der Waals surface area (Å²) in [6.07, 6.45) is 3.32. The molecule has 128 valence electrons. The fourth-order valence-corrected chi connectivity index (χ4v) is 3.06. The molecule has 1 aromatic carbocycles.